The Labute approximate surface area is 427 Å². The first kappa shape index (κ1) is 58.0. The number of nitrogens with two attached hydrogens (primary N) is 4. The van der Waals surface area contributed by atoms with E-state index in [0.29, 0.717) is 36.3 Å². The van der Waals surface area contributed by atoms with Crippen molar-refractivity contribution < 1.29 is 47.9 Å². The minimum atomic E-state index is -1.66. The van der Waals surface area contributed by atoms with Crippen LogP contribution in [0.15, 0.2) is 59.6 Å². The van der Waals surface area contributed by atoms with Crippen LogP contribution in [0, 0.1) is 5.92 Å². The Hall–Kier alpha value is -6.56. The molecule has 2 fully saturated rings. The van der Waals surface area contributed by atoms with Gasteiger partial charge >= 0.3 is 0 Å². The maximum absolute atomic E-state index is 14.6. The molecular weight excluding hydrogens is 969 g/mol. The molecule has 0 bridgehead atoms. The van der Waals surface area contributed by atoms with Gasteiger partial charge in [-0.2, -0.15) is 0 Å². The molecule has 15 N–H and O–H groups in total. The van der Waals surface area contributed by atoms with Crippen molar-refractivity contribution >= 4 is 80.7 Å². The van der Waals surface area contributed by atoms with Crippen molar-refractivity contribution in [2.24, 2.45) is 33.8 Å². The second kappa shape index (κ2) is 29.1. The summed E-state index contributed by atoms with van der Waals surface area (Å²) in [7, 11) is 2.54. The van der Waals surface area contributed by atoms with Gasteiger partial charge < -0.3 is 64.9 Å². The van der Waals surface area contributed by atoms with E-state index in [1.54, 1.807) is 68.4 Å². The maximum atomic E-state index is 14.6. The Balaban J connectivity index is 1.78. The molecule has 2 aromatic carbocycles. The fourth-order valence-corrected chi connectivity index (χ4v) is 11.5. The lowest BCUT2D eigenvalue weighted by atomic mass is 9.85. The molecule has 9 amide bonds. The third-order valence-corrected chi connectivity index (χ3v) is 15.2. The molecule has 1 heterocycles. The Morgan fingerprint density at radius 3 is 1.99 bits per heavy atom. The highest BCUT2D eigenvalue weighted by Crippen LogP contribution is 2.48. The lowest BCUT2D eigenvalue weighted by Gasteiger charge is -2.36. The van der Waals surface area contributed by atoms with Crippen LogP contribution in [0.5, 0.6) is 5.75 Å². The van der Waals surface area contributed by atoms with Crippen LogP contribution < -0.4 is 64.9 Å². The fourth-order valence-electron chi connectivity index (χ4n) is 8.17. The summed E-state index contributed by atoms with van der Waals surface area (Å²) in [6, 6.07) is 7.85. The third-order valence-electron chi connectivity index (χ3n) is 11.9. The van der Waals surface area contributed by atoms with E-state index < -0.39 is 113 Å². The number of ether oxygens (including phenoxy) is 1. The van der Waals surface area contributed by atoms with Gasteiger partial charge in [-0.25, -0.2) is 0 Å². The van der Waals surface area contributed by atoms with Crippen molar-refractivity contribution in [3.8, 4) is 5.75 Å². The van der Waals surface area contributed by atoms with Crippen molar-refractivity contribution in [1.29, 1.82) is 0 Å². The number of rotatable bonds is 18. The molecule has 24 heteroatoms. The van der Waals surface area contributed by atoms with Crippen molar-refractivity contribution in [2.75, 3.05) is 25.4 Å². The predicted molar refractivity (Wildman–Crippen MR) is 274 cm³/mol. The number of aliphatic imine (C=N–C) groups is 1. The van der Waals surface area contributed by atoms with Crippen LogP contribution in [0.3, 0.4) is 0 Å². The zero-order valence-corrected chi connectivity index (χ0v) is 42.6. The van der Waals surface area contributed by atoms with Gasteiger partial charge in [0.1, 0.15) is 42.0 Å². The number of carbonyl (C=O) groups excluding carboxylic acids is 9. The average molecular weight is 1040 g/mol. The second-order valence-corrected chi connectivity index (χ2v) is 21.0. The van der Waals surface area contributed by atoms with E-state index in [-0.39, 0.29) is 50.4 Å². The highest BCUT2D eigenvalue weighted by molar-refractivity contribution is 8.77. The lowest BCUT2D eigenvalue weighted by molar-refractivity contribution is -0.136. The summed E-state index contributed by atoms with van der Waals surface area (Å²) >= 11 is 0. The summed E-state index contributed by atoms with van der Waals surface area (Å²) in [5.74, 6) is -7.48. The zero-order valence-electron chi connectivity index (χ0n) is 41.0. The summed E-state index contributed by atoms with van der Waals surface area (Å²) in [6.07, 6.45) is 3.14. The SMILES string of the molecule is CCOc1ccc(C[C@H]2NC(=O)CC3(CCCCC3)SSC[C@H](C(=O)N[C@H](CCCN=C(N)N)C(=O)NCC(N)=O)NC(=O)[C@@H](CC(N)=O)NC(=O)[C@H](C(C)C)NC(=O)[C@@H](Cc3ccccc3)NC2=O)cc1. The number of carbonyl (C=O) groups is 9. The van der Waals surface area contributed by atoms with Crippen molar-refractivity contribution in [1.82, 2.24) is 37.2 Å². The first-order chi connectivity index (χ1) is 34.3. The van der Waals surface area contributed by atoms with Crippen molar-refractivity contribution in [2.45, 2.75) is 132 Å². The molecule has 1 aliphatic heterocycles. The van der Waals surface area contributed by atoms with E-state index in [4.69, 9.17) is 27.7 Å². The van der Waals surface area contributed by atoms with E-state index in [0.717, 1.165) is 19.3 Å². The molecule has 1 spiro atoms. The topological polar surface area (TPSA) is 364 Å². The summed E-state index contributed by atoms with van der Waals surface area (Å²) in [4.78, 5) is 127. The average Bonchev–Trinajstić information content (AvgIpc) is 3.32. The summed E-state index contributed by atoms with van der Waals surface area (Å²) < 4.78 is 4.91. The number of guanidine groups is 1. The van der Waals surface area contributed by atoms with Gasteiger partial charge in [-0.1, -0.05) is 97.2 Å². The van der Waals surface area contributed by atoms with Crippen molar-refractivity contribution in [3.05, 3.63) is 65.7 Å². The van der Waals surface area contributed by atoms with Crippen LogP contribution in [0.4, 0.5) is 0 Å². The van der Waals surface area contributed by atoms with Gasteiger partial charge in [-0.15, -0.1) is 0 Å². The number of nitrogens with zero attached hydrogens (tertiary/aromatic N) is 1. The first-order valence-electron chi connectivity index (χ1n) is 24.0. The number of hydrogen-bond donors (Lipinski definition) is 11. The molecule has 0 unspecified atom stereocenters. The first-order valence-corrected chi connectivity index (χ1v) is 26.4. The molecule has 0 radical (unpaired) electrons. The van der Waals surface area contributed by atoms with Gasteiger partial charge in [-0.3, -0.25) is 48.1 Å². The Morgan fingerprint density at radius 2 is 1.38 bits per heavy atom. The molecule has 4 rings (SSSR count). The van der Waals surface area contributed by atoms with Crippen LogP contribution in [0.2, 0.25) is 0 Å². The predicted octanol–water partition coefficient (Wildman–Crippen LogP) is -0.546. The highest BCUT2D eigenvalue weighted by Gasteiger charge is 2.39. The lowest BCUT2D eigenvalue weighted by Crippen LogP contribution is -2.61. The molecule has 1 aliphatic carbocycles. The summed E-state index contributed by atoms with van der Waals surface area (Å²) in [6.45, 7) is 5.14. The smallest absolute Gasteiger partial charge is 0.244 e. The molecule has 1 saturated heterocycles. The Bertz CT molecular complexity index is 2230. The number of primary amides is 2. The molecular formula is C48H70N12O10S2. The fraction of sp³-hybridized carbons (Fsp3) is 0.542. The molecule has 22 nitrogen and oxygen atoms in total. The van der Waals surface area contributed by atoms with Crippen LogP contribution >= 0.6 is 21.6 Å². The minimum Gasteiger partial charge on any atom is -0.494 e. The van der Waals surface area contributed by atoms with E-state index >= 15 is 0 Å². The van der Waals surface area contributed by atoms with Gasteiger partial charge in [0.15, 0.2) is 5.96 Å². The Morgan fingerprint density at radius 1 is 0.764 bits per heavy atom. The summed E-state index contributed by atoms with van der Waals surface area (Å²) in [5, 5.41) is 18.7. The number of nitrogens with one attached hydrogen (secondary N) is 7. The van der Waals surface area contributed by atoms with Crippen molar-refractivity contribution in [3.63, 3.8) is 0 Å². The molecule has 1 saturated carbocycles. The summed E-state index contributed by atoms with van der Waals surface area (Å²) in [5.41, 5.74) is 23.2. The molecule has 2 aromatic rings. The molecule has 0 aromatic heterocycles. The minimum absolute atomic E-state index is 0.00830. The van der Waals surface area contributed by atoms with E-state index in [2.05, 4.69) is 42.2 Å². The van der Waals surface area contributed by atoms with Crippen LogP contribution in [0.1, 0.15) is 89.7 Å². The van der Waals surface area contributed by atoms with Crippen LogP contribution in [0.25, 0.3) is 0 Å². The standard InChI is InChI=1S/C48H70N12O10S2/c1-4-70-31-17-15-30(16-18-31)23-33-42(65)57-34(22-29-12-7-5-8-13-29)44(67)60-40(28(2)3)46(69)58-35(24-37(49)61)43(66)59-36(27-71-72-48(25-39(63)55-33)19-9-6-10-20-48)45(68)56-32(14-11-21-53-47(51)52)41(64)54-26-38(50)62/h5,7-8,12-13,15-18,28,32-36,40H,4,6,9-11,14,19-27H2,1-3H3,(H2,49,61)(H2,50,62)(H,54,64)(H,55,63)(H,56,68)(H,57,65)(H,58,69)(H,59,66)(H,60,67)(H4,51,52,53)/t32-,33-,34-,35-,36-,40+/m1/s1. The molecule has 72 heavy (non-hydrogen) atoms. The quantitative estimate of drug-likeness (QED) is 0.0387. The highest BCUT2D eigenvalue weighted by atomic mass is 33.1. The number of hydrogen-bond acceptors (Lipinski definition) is 13. The molecule has 6 atom stereocenters. The van der Waals surface area contributed by atoms with Gasteiger partial charge in [-0.05, 0) is 61.8 Å². The van der Waals surface area contributed by atoms with Gasteiger partial charge in [0.25, 0.3) is 0 Å². The molecule has 2 aliphatic rings. The van der Waals surface area contributed by atoms with Gasteiger partial charge in [0.05, 0.1) is 19.6 Å². The zero-order chi connectivity index (χ0) is 52.8. The largest absolute Gasteiger partial charge is 0.494 e. The monoisotopic (exact) mass is 1040 g/mol. The molecule has 394 valence electrons. The van der Waals surface area contributed by atoms with E-state index in [1.807, 2.05) is 6.92 Å². The maximum Gasteiger partial charge on any atom is 0.244 e. The number of amides is 9. The number of benzene rings is 2. The van der Waals surface area contributed by atoms with Crippen LogP contribution in [-0.2, 0) is 56.0 Å². The van der Waals surface area contributed by atoms with Crippen LogP contribution in [-0.4, -0.2) is 126 Å². The van der Waals surface area contributed by atoms with Gasteiger partial charge in [0.2, 0.25) is 53.2 Å². The second-order valence-electron chi connectivity index (χ2n) is 18.2. The van der Waals surface area contributed by atoms with E-state index in [1.165, 1.54) is 21.6 Å². The van der Waals surface area contributed by atoms with E-state index in [9.17, 15) is 43.2 Å². The normalized spacial score (nSPS) is 21.8. The Kier molecular flexibility index (Phi) is 23.4. The third kappa shape index (κ3) is 19.6. The van der Waals surface area contributed by atoms with Gasteiger partial charge in [0, 0.05) is 36.3 Å².